The minimum Gasteiger partial charge on any atom is -0.326 e. The smallest absolute Gasteiger partial charge is 0.240 e. The van der Waals surface area contributed by atoms with Gasteiger partial charge in [0.05, 0.1) is 11.2 Å². The zero-order valence-electron chi connectivity index (χ0n) is 13.9. The van der Waals surface area contributed by atoms with E-state index in [1.807, 2.05) is 6.07 Å². The third-order valence-electron chi connectivity index (χ3n) is 3.54. The number of halogens is 2. The van der Waals surface area contributed by atoms with Crippen molar-refractivity contribution in [3.8, 4) is 0 Å². The van der Waals surface area contributed by atoms with Crippen LogP contribution in [0.2, 0.25) is 5.02 Å². The number of amidine groups is 1. The lowest BCUT2D eigenvalue weighted by Gasteiger charge is -2.06. The van der Waals surface area contributed by atoms with Crippen molar-refractivity contribution in [1.82, 2.24) is 5.32 Å². The molecule has 0 spiro atoms. The number of anilines is 1. The first-order valence-electron chi connectivity index (χ1n) is 7.90. The Morgan fingerprint density at radius 1 is 1.26 bits per heavy atom. The molecule has 0 saturated carbocycles. The summed E-state index contributed by atoms with van der Waals surface area (Å²) in [5.41, 5.74) is 0.766. The van der Waals surface area contributed by atoms with E-state index in [-0.39, 0.29) is 34.0 Å². The maximum atomic E-state index is 13.7. The second kappa shape index (κ2) is 8.79. The number of carbonyl (C=O) groups excluding carboxylic acids is 2. The van der Waals surface area contributed by atoms with Crippen LogP contribution < -0.4 is 10.6 Å². The molecule has 1 atom stereocenters. The number of carbonyl (C=O) groups is 2. The molecule has 1 aliphatic heterocycles. The van der Waals surface area contributed by atoms with Crippen LogP contribution in [0.5, 0.6) is 0 Å². The van der Waals surface area contributed by atoms with Crippen molar-refractivity contribution in [2.45, 2.75) is 11.7 Å². The third-order valence-corrected chi connectivity index (χ3v) is 4.94. The van der Waals surface area contributed by atoms with E-state index in [1.54, 1.807) is 24.3 Å². The SMILES string of the molecule is O=C(CC1S/C(=N\N=C\c2c(F)cccc2Cl)NC1=O)Nc1ccccc1. The van der Waals surface area contributed by atoms with Gasteiger partial charge in [-0.15, -0.1) is 5.10 Å². The number of amides is 2. The molecule has 1 saturated heterocycles. The topological polar surface area (TPSA) is 82.9 Å². The minimum absolute atomic E-state index is 0.00668. The van der Waals surface area contributed by atoms with E-state index in [9.17, 15) is 14.0 Å². The standard InChI is InChI=1S/C18H14ClFN4O2S/c19-13-7-4-8-14(20)12(13)10-21-24-18-23-17(26)15(27-18)9-16(25)22-11-5-2-1-3-6-11/h1-8,10,15H,9H2,(H,22,25)(H,23,24,26)/b21-10+. The normalized spacial score (nSPS) is 18.1. The Bertz CT molecular complexity index is 901. The van der Waals surface area contributed by atoms with Gasteiger partial charge in [-0.05, 0) is 24.3 Å². The summed E-state index contributed by atoms with van der Waals surface area (Å²) in [7, 11) is 0. The van der Waals surface area contributed by atoms with E-state index < -0.39 is 11.1 Å². The highest BCUT2D eigenvalue weighted by Crippen LogP contribution is 2.23. The molecule has 1 heterocycles. The van der Waals surface area contributed by atoms with Crippen LogP contribution in [0.3, 0.4) is 0 Å². The molecular formula is C18H14ClFN4O2S. The van der Waals surface area contributed by atoms with E-state index in [4.69, 9.17) is 11.6 Å². The summed E-state index contributed by atoms with van der Waals surface area (Å²) in [5.74, 6) is -1.14. The van der Waals surface area contributed by atoms with E-state index in [2.05, 4.69) is 20.8 Å². The fourth-order valence-electron chi connectivity index (χ4n) is 2.26. The predicted octanol–water partition coefficient (Wildman–Crippen LogP) is 3.43. The Kier molecular flexibility index (Phi) is 6.20. The number of nitrogens with zero attached hydrogens (tertiary/aromatic N) is 2. The summed E-state index contributed by atoms with van der Waals surface area (Å²) in [4.78, 5) is 24.1. The van der Waals surface area contributed by atoms with Gasteiger partial charge in [0.15, 0.2) is 5.17 Å². The number of hydrogen-bond acceptors (Lipinski definition) is 5. The Hall–Kier alpha value is -2.71. The number of nitrogens with one attached hydrogen (secondary N) is 2. The van der Waals surface area contributed by atoms with Gasteiger partial charge in [0.25, 0.3) is 0 Å². The molecule has 0 radical (unpaired) electrons. The maximum absolute atomic E-state index is 13.7. The van der Waals surface area contributed by atoms with E-state index in [1.165, 1.54) is 24.4 Å². The molecule has 138 valence electrons. The number of hydrogen-bond donors (Lipinski definition) is 2. The fraction of sp³-hybridized carbons (Fsp3) is 0.111. The molecule has 2 amide bonds. The van der Waals surface area contributed by atoms with Crippen LogP contribution in [-0.4, -0.2) is 28.4 Å². The van der Waals surface area contributed by atoms with Crippen LogP contribution >= 0.6 is 23.4 Å². The van der Waals surface area contributed by atoms with E-state index >= 15 is 0 Å². The Balaban J connectivity index is 1.59. The van der Waals surface area contributed by atoms with Crippen LogP contribution in [0.15, 0.2) is 58.7 Å². The number of rotatable bonds is 5. The molecule has 1 aliphatic rings. The molecular weight excluding hydrogens is 391 g/mol. The van der Waals surface area contributed by atoms with Crippen molar-refractivity contribution in [1.29, 1.82) is 0 Å². The van der Waals surface area contributed by atoms with Crippen molar-refractivity contribution < 1.29 is 14.0 Å². The van der Waals surface area contributed by atoms with Crippen LogP contribution in [0.4, 0.5) is 10.1 Å². The summed E-state index contributed by atoms with van der Waals surface area (Å²) >= 11 is 6.99. The van der Waals surface area contributed by atoms with Gasteiger partial charge < -0.3 is 10.6 Å². The monoisotopic (exact) mass is 404 g/mol. The van der Waals surface area contributed by atoms with Gasteiger partial charge in [0, 0.05) is 17.7 Å². The molecule has 0 aliphatic carbocycles. The van der Waals surface area contributed by atoms with Crippen LogP contribution in [0.1, 0.15) is 12.0 Å². The van der Waals surface area contributed by atoms with E-state index in [0.29, 0.717) is 5.69 Å². The van der Waals surface area contributed by atoms with Gasteiger partial charge in [-0.2, -0.15) is 5.10 Å². The summed E-state index contributed by atoms with van der Waals surface area (Å²) in [6.45, 7) is 0. The van der Waals surface area contributed by atoms with Gasteiger partial charge >= 0.3 is 0 Å². The van der Waals surface area contributed by atoms with Crippen LogP contribution in [-0.2, 0) is 9.59 Å². The largest absolute Gasteiger partial charge is 0.326 e. The minimum atomic E-state index is -0.611. The molecule has 0 aromatic heterocycles. The molecule has 2 aromatic carbocycles. The molecule has 9 heteroatoms. The number of benzene rings is 2. The fourth-order valence-corrected chi connectivity index (χ4v) is 3.40. The Morgan fingerprint density at radius 2 is 2.04 bits per heavy atom. The molecule has 2 N–H and O–H groups in total. The molecule has 1 unspecified atom stereocenters. The molecule has 1 fully saturated rings. The van der Waals surface area contributed by atoms with Crippen LogP contribution in [0.25, 0.3) is 0 Å². The lowest BCUT2D eigenvalue weighted by Crippen LogP contribution is -2.28. The van der Waals surface area contributed by atoms with Gasteiger partial charge in [-0.25, -0.2) is 4.39 Å². The number of thioether (sulfide) groups is 1. The lowest BCUT2D eigenvalue weighted by molar-refractivity contribution is -0.122. The first-order valence-corrected chi connectivity index (χ1v) is 9.16. The van der Waals surface area contributed by atoms with Crippen LogP contribution in [0, 0.1) is 5.82 Å². The average Bonchev–Trinajstić information content (AvgIpc) is 2.97. The maximum Gasteiger partial charge on any atom is 0.240 e. The molecule has 27 heavy (non-hydrogen) atoms. The second-order valence-electron chi connectivity index (χ2n) is 5.50. The average molecular weight is 405 g/mol. The first kappa shape index (κ1) is 19.1. The first-order chi connectivity index (χ1) is 13.0. The number of para-hydroxylation sites is 1. The highest BCUT2D eigenvalue weighted by atomic mass is 35.5. The summed E-state index contributed by atoms with van der Waals surface area (Å²) in [5, 5.41) is 12.7. The van der Waals surface area contributed by atoms with Crippen molar-refractivity contribution >= 4 is 52.2 Å². The zero-order chi connectivity index (χ0) is 19.2. The van der Waals surface area contributed by atoms with Crippen molar-refractivity contribution in [3.63, 3.8) is 0 Å². The predicted molar refractivity (Wildman–Crippen MR) is 106 cm³/mol. The second-order valence-corrected chi connectivity index (χ2v) is 7.10. The molecule has 0 bridgehead atoms. The molecule has 2 aromatic rings. The summed E-state index contributed by atoms with van der Waals surface area (Å²) in [6, 6.07) is 13.2. The highest BCUT2D eigenvalue weighted by Gasteiger charge is 2.32. The van der Waals surface area contributed by atoms with Crippen molar-refractivity contribution in [2.75, 3.05) is 5.32 Å². The van der Waals surface area contributed by atoms with Gasteiger partial charge in [-0.1, -0.05) is 47.6 Å². The summed E-state index contributed by atoms with van der Waals surface area (Å²) in [6.07, 6.45) is 1.17. The quantitative estimate of drug-likeness (QED) is 0.591. The molecule has 3 rings (SSSR count). The Morgan fingerprint density at radius 3 is 2.78 bits per heavy atom. The Labute approximate surface area is 163 Å². The zero-order valence-corrected chi connectivity index (χ0v) is 15.4. The molecule has 6 nitrogen and oxygen atoms in total. The van der Waals surface area contributed by atoms with Crippen molar-refractivity contribution in [3.05, 3.63) is 64.9 Å². The van der Waals surface area contributed by atoms with E-state index in [0.717, 1.165) is 11.8 Å². The van der Waals surface area contributed by atoms with Crippen molar-refractivity contribution in [2.24, 2.45) is 10.2 Å². The highest BCUT2D eigenvalue weighted by molar-refractivity contribution is 8.15. The third kappa shape index (κ3) is 5.15. The van der Waals surface area contributed by atoms with Gasteiger partial charge in [0.2, 0.25) is 11.8 Å². The lowest BCUT2D eigenvalue weighted by atomic mass is 10.2. The van der Waals surface area contributed by atoms with Gasteiger partial charge in [0.1, 0.15) is 11.1 Å². The summed E-state index contributed by atoms with van der Waals surface area (Å²) < 4.78 is 13.7. The van der Waals surface area contributed by atoms with Gasteiger partial charge in [-0.3, -0.25) is 9.59 Å².